The summed E-state index contributed by atoms with van der Waals surface area (Å²) in [5, 5.41) is 3.94. The van der Waals surface area contributed by atoms with Crippen LogP contribution in [-0.4, -0.2) is 45.5 Å². The summed E-state index contributed by atoms with van der Waals surface area (Å²) in [5.41, 5.74) is 3.63. The third-order valence-electron chi connectivity index (χ3n) is 6.05. The van der Waals surface area contributed by atoms with E-state index in [9.17, 15) is 8.42 Å². The van der Waals surface area contributed by atoms with Crippen molar-refractivity contribution in [1.82, 2.24) is 24.0 Å². The number of hydrogen-bond donors (Lipinski definition) is 0. The Morgan fingerprint density at radius 3 is 2.50 bits per heavy atom. The third kappa shape index (κ3) is 5.05. The number of pyridine rings is 1. The van der Waals surface area contributed by atoms with Crippen LogP contribution in [0.1, 0.15) is 43.1 Å². The minimum Gasteiger partial charge on any atom is -0.361 e. The van der Waals surface area contributed by atoms with Crippen molar-refractivity contribution in [3.8, 4) is 0 Å². The molecule has 0 bridgehead atoms. The maximum Gasteiger partial charge on any atom is 0.243 e. The number of imidazole rings is 1. The van der Waals surface area contributed by atoms with Crippen molar-refractivity contribution in [2.75, 3.05) is 7.05 Å². The Morgan fingerprint density at radius 2 is 1.85 bits per heavy atom. The van der Waals surface area contributed by atoms with Crippen LogP contribution in [0.3, 0.4) is 0 Å². The summed E-state index contributed by atoms with van der Waals surface area (Å²) in [4.78, 5) is 8.96. The van der Waals surface area contributed by atoms with Gasteiger partial charge in [-0.2, -0.15) is 4.31 Å². The Bertz CT molecular complexity index is 1370. The molecule has 4 rings (SSSR count). The van der Waals surface area contributed by atoms with Gasteiger partial charge in [-0.3, -0.25) is 4.98 Å². The summed E-state index contributed by atoms with van der Waals surface area (Å²) in [5.74, 6) is 1.91. The Morgan fingerprint density at radius 1 is 1.12 bits per heavy atom. The van der Waals surface area contributed by atoms with E-state index in [0.29, 0.717) is 24.6 Å². The largest absolute Gasteiger partial charge is 0.361 e. The molecule has 1 atom stereocenters. The zero-order valence-corrected chi connectivity index (χ0v) is 21.1. The second-order valence-corrected chi connectivity index (χ2v) is 11.2. The van der Waals surface area contributed by atoms with Gasteiger partial charge in [0.1, 0.15) is 17.1 Å². The number of sulfonamides is 1. The Hall–Kier alpha value is -3.04. The van der Waals surface area contributed by atoms with Crippen molar-refractivity contribution in [1.29, 1.82) is 0 Å². The van der Waals surface area contributed by atoms with Crippen molar-refractivity contribution in [2.45, 2.75) is 58.0 Å². The lowest BCUT2D eigenvalue weighted by atomic mass is 10.0. The highest BCUT2D eigenvalue weighted by Crippen LogP contribution is 2.24. The van der Waals surface area contributed by atoms with Gasteiger partial charge in [-0.25, -0.2) is 13.4 Å². The molecule has 0 radical (unpaired) electrons. The van der Waals surface area contributed by atoms with E-state index < -0.39 is 10.0 Å². The molecule has 4 aromatic rings. The predicted molar refractivity (Wildman–Crippen MR) is 131 cm³/mol. The average Bonchev–Trinajstić information content (AvgIpc) is 3.35. The van der Waals surface area contributed by atoms with E-state index in [4.69, 9.17) is 4.52 Å². The topological polar surface area (TPSA) is 94.1 Å². The Balaban J connectivity index is 1.55. The molecule has 0 saturated heterocycles. The molecule has 3 heterocycles. The van der Waals surface area contributed by atoms with Crippen LogP contribution < -0.4 is 0 Å². The number of hydrogen-bond acceptors (Lipinski definition) is 6. The first-order valence-corrected chi connectivity index (χ1v) is 12.8. The fraction of sp³-hybridized carbons (Fsp3) is 0.400. The second-order valence-electron chi connectivity index (χ2n) is 9.20. The van der Waals surface area contributed by atoms with Crippen LogP contribution in [0.15, 0.2) is 58.2 Å². The smallest absolute Gasteiger partial charge is 0.243 e. The number of likely N-dealkylation sites (N-methyl/N-ethyl adjacent to an activating group) is 1. The van der Waals surface area contributed by atoms with Gasteiger partial charge in [-0.1, -0.05) is 31.1 Å². The van der Waals surface area contributed by atoms with Gasteiger partial charge in [-0.15, -0.1) is 0 Å². The molecule has 0 spiro atoms. The van der Waals surface area contributed by atoms with Crippen molar-refractivity contribution in [3.63, 3.8) is 0 Å². The third-order valence-corrected chi connectivity index (χ3v) is 7.98. The summed E-state index contributed by atoms with van der Waals surface area (Å²) in [7, 11) is -2.03. The molecule has 180 valence electrons. The van der Waals surface area contributed by atoms with E-state index in [2.05, 4.69) is 33.5 Å². The van der Waals surface area contributed by atoms with Gasteiger partial charge in [-0.05, 0) is 49.9 Å². The van der Waals surface area contributed by atoms with Crippen LogP contribution in [0.4, 0.5) is 0 Å². The quantitative estimate of drug-likeness (QED) is 0.353. The first-order chi connectivity index (χ1) is 16.1. The van der Waals surface area contributed by atoms with Crippen LogP contribution in [-0.2, 0) is 23.0 Å². The Kier molecular flexibility index (Phi) is 6.86. The molecule has 0 saturated carbocycles. The van der Waals surface area contributed by atoms with E-state index in [1.165, 1.54) is 4.31 Å². The van der Waals surface area contributed by atoms with Crippen LogP contribution in [0.2, 0.25) is 0 Å². The lowest BCUT2D eigenvalue weighted by Gasteiger charge is -2.28. The van der Waals surface area contributed by atoms with Crippen molar-refractivity contribution >= 4 is 21.1 Å². The SMILES string of the molecule is Cc1cc(CC(CC(C)C)N(C)S(=O)(=O)c2ccc(Cn3c(C)nc4cnccc43)cc2)on1. The molecule has 0 aliphatic rings. The van der Waals surface area contributed by atoms with Crippen LogP contribution in [0, 0.1) is 19.8 Å². The summed E-state index contributed by atoms with van der Waals surface area (Å²) >= 11 is 0. The molecule has 0 aliphatic heterocycles. The van der Waals surface area contributed by atoms with Crippen molar-refractivity contribution in [2.24, 2.45) is 5.92 Å². The molecule has 0 aliphatic carbocycles. The molecular formula is C25H31N5O3S. The molecule has 0 amide bonds. The van der Waals surface area contributed by atoms with Gasteiger partial charge in [0.15, 0.2) is 0 Å². The van der Waals surface area contributed by atoms with E-state index >= 15 is 0 Å². The molecule has 8 nitrogen and oxygen atoms in total. The normalized spacial score (nSPS) is 13.3. The number of aryl methyl sites for hydroxylation is 2. The predicted octanol–water partition coefficient (Wildman–Crippen LogP) is 4.36. The van der Waals surface area contributed by atoms with Gasteiger partial charge in [0.25, 0.3) is 0 Å². The molecule has 1 unspecified atom stereocenters. The van der Waals surface area contributed by atoms with Crippen LogP contribution in [0.5, 0.6) is 0 Å². The van der Waals surface area contributed by atoms with Crippen molar-refractivity contribution in [3.05, 3.63) is 71.6 Å². The molecule has 9 heteroatoms. The monoisotopic (exact) mass is 481 g/mol. The van der Waals surface area contributed by atoms with Gasteiger partial charge in [0, 0.05) is 38.3 Å². The minimum absolute atomic E-state index is 0.231. The van der Waals surface area contributed by atoms with Crippen LogP contribution in [0.25, 0.3) is 11.0 Å². The fourth-order valence-electron chi connectivity index (χ4n) is 4.26. The average molecular weight is 482 g/mol. The summed E-state index contributed by atoms with van der Waals surface area (Å²) in [6, 6.07) is 10.7. The molecule has 3 aromatic heterocycles. The molecule has 0 fully saturated rings. The van der Waals surface area contributed by atoms with Gasteiger partial charge in [0.05, 0.1) is 22.3 Å². The molecular weight excluding hydrogens is 450 g/mol. The van der Waals surface area contributed by atoms with E-state index in [-0.39, 0.29) is 10.9 Å². The number of benzene rings is 1. The first kappa shape index (κ1) is 24.1. The van der Waals surface area contributed by atoms with Gasteiger partial charge >= 0.3 is 0 Å². The number of aromatic nitrogens is 4. The van der Waals surface area contributed by atoms with Gasteiger partial charge < -0.3 is 9.09 Å². The highest BCUT2D eigenvalue weighted by atomic mass is 32.2. The number of nitrogens with zero attached hydrogens (tertiary/aromatic N) is 5. The lowest BCUT2D eigenvalue weighted by molar-refractivity contribution is 0.286. The maximum absolute atomic E-state index is 13.5. The summed E-state index contributed by atoms with van der Waals surface area (Å²) in [6.07, 6.45) is 4.70. The molecule has 1 aromatic carbocycles. The number of fused-ring (bicyclic) bond motifs is 1. The maximum atomic E-state index is 13.5. The lowest BCUT2D eigenvalue weighted by Crippen LogP contribution is -2.39. The van der Waals surface area contributed by atoms with Crippen LogP contribution >= 0.6 is 0 Å². The standard InChI is InChI=1S/C25H31N5O3S/c1-17(2)12-21(14-22-13-18(3)28-33-22)29(5)34(31,32)23-8-6-20(7-9-23)16-30-19(4)27-24-15-26-11-10-25(24)30/h6-11,13,15,17,21H,12,14,16H2,1-5H3. The summed E-state index contributed by atoms with van der Waals surface area (Å²) < 4.78 is 35.9. The van der Waals surface area contributed by atoms with Crippen molar-refractivity contribution < 1.29 is 12.9 Å². The zero-order valence-electron chi connectivity index (χ0n) is 20.3. The van der Waals surface area contributed by atoms with E-state index in [0.717, 1.165) is 34.5 Å². The fourth-order valence-corrected chi connectivity index (χ4v) is 5.63. The molecule has 34 heavy (non-hydrogen) atoms. The molecule has 0 N–H and O–H groups in total. The van der Waals surface area contributed by atoms with Gasteiger partial charge in [0.2, 0.25) is 10.0 Å². The first-order valence-electron chi connectivity index (χ1n) is 11.4. The zero-order chi connectivity index (χ0) is 24.5. The van der Waals surface area contributed by atoms with E-state index in [1.807, 2.05) is 38.1 Å². The summed E-state index contributed by atoms with van der Waals surface area (Å²) in [6.45, 7) is 8.59. The number of rotatable bonds is 9. The highest BCUT2D eigenvalue weighted by molar-refractivity contribution is 7.89. The highest BCUT2D eigenvalue weighted by Gasteiger charge is 2.29. The second kappa shape index (κ2) is 9.68. The van der Waals surface area contributed by atoms with E-state index in [1.54, 1.807) is 31.6 Å². The minimum atomic E-state index is -3.67. The Labute approximate surface area is 200 Å².